The molecular formula is C17H15FINS. The molecule has 108 valence electrons. The summed E-state index contributed by atoms with van der Waals surface area (Å²) < 4.78 is 15.1. The molecule has 0 unspecified atom stereocenters. The van der Waals surface area contributed by atoms with E-state index in [1.807, 2.05) is 0 Å². The van der Waals surface area contributed by atoms with E-state index < -0.39 is 0 Å². The fraction of sp³-hybridized carbons (Fsp3) is 0.235. The van der Waals surface area contributed by atoms with Gasteiger partial charge in [0.1, 0.15) is 10.8 Å². The summed E-state index contributed by atoms with van der Waals surface area (Å²) in [5.74, 6) is 0.329. The molecule has 0 heterocycles. The summed E-state index contributed by atoms with van der Waals surface area (Å²) in [5, 5.41) is 3.25. The maximum atomic E-state index is 13.8. The molecule has 1 nitrogen and oxygen atoms in total. The van der Waals surface area contributed by atoms with Crippen molar-refractivity contribution in [3.05, 3.63) is 62.5 Å². The van der Waals surface area contributed by atoms with Crippen molar-refractivity contribution in [1.82, 2.24) is 0 Å². The molecule has 0 radical (unpaired) electrons. The summed E-state index contributed by atoms with van der Waals surface area (Å²) in [6, 6.07) is 11.0. The number of thiocarbonyl (C=S) groups is 1. The highest BCUT2D eigenvalue weighted by atomic mass is 127. The van der Waals surface area contributed by atoms with Gasteiger partial charge in [-0.15, -0.1) is 0 Å². The minimum absolute atomic E-state index is 0.287. The van der Waals surface area contributed by atoms with E-state index in [4.69, 9.17) is 12.2 Å². The maximum absolute atomic E-state index is 13.8. The van der Waals surface area contributed by atoms with E-state index >= 15 is 0 Å². The highest BCUT2D eigenvalue weighted by molar-refractivity contribution is 14.1. The number of anilines is 1. The molecule has 0 aliphatic heterocycles. The first-order valence-electron chi connectivity index (χ1n) is 6.92. The van der Waals surface area contributed by atoms with Crippen molar-refractivity contribution in [3.63, 3.8) is 0 Å². The predicted octanol–water partition coefficient (Wildman–Crippen LogP) is 5.40. The Kier molecular flexibility index (Phi) is 4.26. The Labute approximate surface area is 143 Å². The summed E-state index contributed by atoms with van der Waals surface area (Å²) in [4.78, 5) is 0.440. The Hall–Kier alpha value is -1.01. The van der Waals surface area contributed by atoms with Gasteiger partial charge < -0.3 is 5.32 Å². The number of hydrogen-bond acceptors (Lipinski definition) is 1. The first kappa shape index (κ1) is 14.9. The van der Waals surface area contributed by atoms with Gasteiger partial charge in [-0.2, -0.15) is 0 Å². The molecule has 0 spiro atoms. The average molecular weight is 411 g/mol. The van der Waals surface area contributed by atoms with Crippen molar-refractivity contribution in [2.24, 2.45) is 0 Å². The lowest BCUT2D eigenvalue weighted by Crippen LogP contribution is -2.14. The molecule has 0 amide bonds. The van der Waals surface area contributed by atoms with Crippen LogP contribution in [0, 0.1) is 16.3 Å². The Morgan fingerprint density at radius 1 is 1.29 bits per heavy atom. The van der Waals surface area contributed by atoms with E-state index in [0.29, 0.717) is 16.5 Å². The van der Waals surface area contributed by atoms with Crippen molar-refractivity contribution in [1.29, 1.82) is 0 Å². The molecule has 2 aromatic rings. The van der Waals surface area contributed by atoms with Crippen LogP contribution >= 0.6 is 34.8 Å². The van der Waals surface area contributed by atoms with Crippen molar-refractivity contribution in [2.75, 3.05) is 5.32 Å². The van der Waals surface area contributed by atoms with E-state index in [9.17, 15) is 4.39 Å². The van der Waals surface area contributed by atoms with Gasteiger partial charge in [-0.25, -0.2) is 4.39 Å². The van der Waals surface area contributed by atoms with E-state index in [2.05, 4.69) is 47.0 Å². The topological polar surface area (TPSA) is 12.0 Å². The highest BCUT2D eigenvalue weighted by Gasteiger charge is 2.27. The zero-order valence-electron chi connectivity index (χ0n) is 11.6. The van der Waals surface area contributed by atoms with Gasteiger partial charge in [0, 0.05) is 14.8 Å². The third kappa shape index (κ3) is 3.26. The number of nitrogens with one attached hydrogen (secondary N) is 1. The van der Waals surface area contributed by atoms with Gasteiger partial charge in [-0.05, 0) is 83.7 Å². The molecular weight excluding hydrogens is 396 g/mol. The summed E-state index contributed by atoms with van der Waals surface area (Å²) in [7, 11) is 0. The van der Waals surface area contributed by atoms with E-state index in [1.165, 1.54) is 33.6 Å². The second-order valence-electron chi connectivity index (χ2n) is 5.40. The molecule has 0 aromatic heterocycles. The van der Waals surface area contributed by atoms with Crippen LogP contribution in [0.3, 0.4) is 0 Å². The lowest BCUT2D eigenvalue weighted by Gasteiger charge is -2.15. The zero-order valence-corrected chi connectivity index (χ0v) is 14.6. The van der Waals surface area contributed by atoms with Crippen LogP contribution in [-0.2, 0) is 0 Å². The number of hydrogen-bond donors (Lipinski definition) is 1. The fourth-order valence-electron chi connectivity index (χ4n) is 2.37. The third-order valence-electron chi connectivity index (χ3n) is 3.71. The Morgan fingerprint density at radius 3 is 2.67 bits per heavy atom. The molecule has 1 aliphatic carbocycles. The van der Waals surface area contributed by atoms with Crippen LogP contribution in [0.15, 0.2) is 36.4 Å². The lowest BCUT2D eigenvalue weighted by molar-refractivity contribution is 0.625. The second kappa shape index (κ2) is 6.01. The SMILES string of the molecule is Cc1cc(NC(=S)c2ccccc2F)c(C2CC2)cc1I. The van der Waals surface area contributed by atoms with Crippen molar-refractivity contribution >= 4 is 45.5 Å². The average Bonchev–Trinajstić information content (AvgIpc) is 3.27. The minimum Gasteiger partial charge on any atom is -0.346 e. The van der Waals surface area contributed by atoms with E-state index in [0.717, 1.165) is 5.69 Å². The monoisotopic (exact) mass is 411 g/mol. The second-order valence-corrected chi connectivity index (χ2v) is 6.97. The fourth-order valence-corrected chi connectivity index (χ4v) is 3.14. The lowest BCUT2D eigenvalue weighted by atomic mass is 10.1. The van der Waals surface area contributed by atoms with Crippen LogP contribution in [0.2, 0.25) is 0 Å². The molecule has 0 bridgehead atoms. The summed E-state index contributed by atoms with van der Waals surface area (Å²) >= 11 is 7.74. The molecule has 4 heteroatoms. The molecule has 1 fully saturated rings. The van der Waals surface area contributed by atoms with Gasteiger partial charge in [0.2, 0.25) is 0 Å². The number of benzene rings is 2. The number of aryl methyl sites for hydroxylation is 1. The molecule has 1 aliphatic rings. The highest BCUT2D eigenvalue weighted by Crippen LogP contribution is 2.44. The zero-order chi connectivity index (χ0) is 15.0. The molecule has 1 N–H and O–H groups in total. The van der Waals surface area contributed by atoms with Crippen molar-refractivity contribution < 1.29 is 4.39 Å². The molecule has 0 saturated heterocycles. The van der Waals surface area contributed by atoms with Gasteiger partial charge in [0.15, 0.2) is 0 Å². The third-order valence-corrected chi connectivity index (χ3v) is 5.20. The number of rotatable bonds is 3. The summed E-state index contributed by atoms with van der Waals surface area (Å²) in [6.07, 6.45) is 2.45. The van der Waals surface area contributed by atoms with Gasteiger partial charge in [0.25, 0.3) is 0 Å². The standard InChI is InChI=1S/C17H15FINS/c1-10-8-16(13(9-15(10)19)11-6-7-11)20-17(21)12-4-2-3-5-14(12)18/h2-5,8-9,11H,6-7H2,1H3,(H,20,21). The van der Waals surface area contributed by atoms with E-state index in [1.54, 1.807) is 18.2 Å². The molecule has 3 rings (SSSR count). The van der Waals surface area contributed by atoms with Gasteiger partial charge in [-0.1, -0.05) is 24.4 Å². The quantitative estimate of drug-likeness (QED) is 0.536. The number of halogens is 2. The van der Waals surface area contributed by atoms with E-state index in [-0.39, 0.29) is 5.82 Å². The Balaban J connectivity index is 1.93. The maximum Gasteiger partial charge on any atom is 0.133 e. The Morgan fingerprint density at radius 2 is 2.00 bits per heavy atom. The Bertz CT molecular complexity index is 710. The predicted molar refractivity (Wildman–Crippen MR) is 97.6 cm³/mol. The normalized spacial score (nSPS) is 14.0. The summed E-state index contributed by atoms with van der Waals surface area (Å²) in [6.45, 7) is 2.08. The molecule has 0 atom stereocenters. The van der Waals surface area contributed by atoms with Crippen LogP contribution in [0.1, 0.15) is 35.4 Å². The van der Waals surface area contributed by atoms with Crippen LogP contribution in [-0.4, -0.2) is 4.99 Å². The molecule has 21 heavy (non-hydrogen) atoms. The molecule has 1 saturated carbocycles. The first-order valence-corrected chi connectivity index (χ1v) is 8.41. The van der Waals surface area contributed by atoms with Gasteiger partial charge >= 0.3 is 0 Å². The smallest absolute Gasteiger partial charge is 0.133 e. The minimum atomic E-state index is -0.287. The van der Waals surface area contributed by atoms with Crippen LogP contribution in [0.25, 0.3) is 0 Å². The largest absolute Gasteiger partial charge is 0.346 e. The van der Waals surface area contributed by atoms with Crippen LogP contribution in [0.4, 0.5) is 10.1 Å². The van der Waals surface area contributed by atoms with Crippen LogP contribution < -0.4 is 5.32 Å². The van der Waals surface area contributed by atoms with Crippen LogP contribution in [0.5, 0.6) is 0 Å². The summed E-state index contributed by atoms with van der Waals surface area (Å²) in [5.41, 5.74) is 3.97. The van der Waals surface area contributed by atoms with Crippen molar-refractivity contribution in [2.45, 2.75) is 25.7 Å². The molecule has 2 aromatic carbocycles. The first-order chi connectivity index (χ1) is 10.1. The van der Waals surface area contributed by atoms with Crippen molar-refractivity contribution in [3.8, 4) is 0 Å². The van der Waals surface area contributed by atoms with Gasteiger partial charge in [-0.3, -0.25) is 0 Å². The van der Waals surface area contributed by atoms with Gasteiger partial charge in [0.05, 0.1) is 0 Å².